The molecule has 0 spiro atoms. The zero-order valence-corrected chi connectivity index (χ0v) is 30.7. The molecule has 6 rings (SSSR count). The maximum absolute atomic E-state index is 13.6. The minimum absolute atomic E-state index is 0.263. The van der Waals surface area contributed by atoms with Crippen LogP contribution in [0.2, 0.25) is 0 Å². The predicted molar refractivity (Wildman–Crippen MR) is 207 cm³/mol. The molecule has 2 aliphatic heterocycles. The molecule has 2 aliphatic rings. The summed E-state index contributed by atoms with van der Waals surface area (Å²) in [6.07, 6.45) is 1.95. The van der Waals surface area contributed by atoms with Crippen molar-refractivity contribution in [3.05, 3.63) is 82.9 Å². The highest BCUT2D eigenvalue weighted by Crippen LogP contribution is 2.38. The van der Waals surface area contributed by atoms with Gasteiger partial charge in [-0.1, -0.05) is 45.9 Å². The number of amides is 4. The fourth-order valence-corrected chi connectivity index (χ4v) is 8.84. The molecular weight excluding hydrogens is 669 g/mol. The van der Waals surface area contributed by atoms with E-state index in [1.54, 1.807) is 12.1 Å². The molecule has 0 aromatic heterocycles. The van der Waals surface area contributed by atoms with E-state index in [0.717, 1.165) is 71.9 Å². The van der Waals surface area contributed by atoms with Crippen LogP contribution in [0.4, 0.5) is 11.4 Å². The van der Waals surface area contributed by atoms with E-state index in [-0.39, 0.29) is 36.7 Å². The van der Waals surface area contributed by atoms with Crippen molar-refractivity contribution in [3.8, 4) is 0 Å². The van der Waals surface area contributed by atoms with Gasteiger partial charge in [0, 0.05) is 107 Å². The van der Waals surface area contributed by atoms with Crippen molar-refractivity contribution < 1.29 is 19.2 Å². The number of carbonyl (C=O) groups is 4. The number of rotatable bonds is 17. The average Bonchev–Trinajstić information content (AvgIpc) is 3.12. The summed E-state index contributed by atoms with van der Waals surface area (Å²) in [5, 5.41) is 9.60. The van der Waals surface area contributed by atoms with Gasteiger partial charge in [-0.05, 0) is 76.4 Å². The zero-order chi connectivity index (χ0) is 35.4. The molecular formula is C38H44N6O4S2. The first-order valence-corrected chi connectivity index (χ1v) is 19.6. The van der Waals surface area contributed by atoms with Crippen molar-refractivity contribution in [1.29, 1.82) is 0 Å². The van der Waals surface area contributed by atoms with E-state index in [2.05, 4.69) is 20.4 Å². The van der Waals surface area contributed by atoms with E-state index in [4.69, 9.17) is 0 Å². The summed E-state index contributed by atoms with van der Waals surface area (Å²) >= 11 is 0. The Bertz CT molecular complexity index is 1770. The van der Waals surface area contributed by atoms with Gasteiger partial charge in [0.2, 0.25) is 0 Å². The predicted octanol–water partition coefficient (Wildman–Crippen LogP) is 5.36. The lowest BCUT2D eigenvalue weighted by Gasteiger charge is -2.29. The quantitative estimate of drug-likeness (QED) is 0.0845. The standard InChI is InChI=1S/C38H44N6O4S2/c1-39-17-7-19-41(3)31-15-13-29-33-25(31)9-5-11-27(33)35(45)43(37(29)47)21-23-49-50-24-22-44-36(46)28-12-6-10-26-32(42(4)20-8-18-40-2)16-14-30(34(26)28)38(44)48/h5-6,9-16,39-40H,7-8,17-24H2,1-4H3. The van der Waals surface area contributed by atoms with Gasteiger partial charge in [-0.2, -0.15) is 0 Å². The van der Waals surface area contributed by atoms with Crippen LogP contribution in [0.3, 0.4) is 0 Å². The van der Waals surface area contributed by atoms with Gasteiger partial charge < -0.3 is 20.4 Å². The molecule has 10 nitrogen and oxygen atoms in total. The molecule has 0 fully saturated rings. The van der Waals surface area contributed by atoms with Gasteiger partial charge in [-0.15, -0.1) is 0 Å². The summed E-state index contributed by atoms with van der Waals surface area (Å²) in [4.78, 5) is 61.3. The second kappa shape index (κ2) is 15.8. The van der Waals surface area contributed by atoms with E-state index in [0.29, 0.717) is 33.8 Å². The summed E-state index contributed by atoms with van der Waals surface area (Å²) < 4.78 is 0. The molecule has 0 saturated carbocycles. The number of nitrogens with one attached hydrogen (secondary N) is 2. The Hall–Kier alpha value is -4.10. The van der Waals surface area contributed by atoms with Crippen LogP contribution in [0.5, 0.6) is 0 Å². The van der Waals surface area contributed by atoms with E-state index < -0.39 is 0 Å². The molecule has 0 unspecified atom stereocenters. The van der Waals surface area contributed by atoms with Crippen LogP contribution < -0.4 is 20.4 Å². The Morgan fingerprint density at radius 2 is 0.940 bits per heavy atom. The van der Waals surface area contributed by atoms with E-state index >= 15 is 0 Å². The number of hydrogen-bond donors (Lipinski definition) is 2. The monoisotopic (exact) mass is 712 g/mol. The second-order valence-corrected chi connectivity index (χ2v) is 15.3. The largest absolute Gasteiger partial charge is 0.374 e. The number of nitrogens with zero attached hydrogens (tertiary/aromatic N) is 4. The van der Waals surface area contributed by atoms with Gasteiger partial charge >= 0.3 is 0 Å². The van der Waals surface area contributed by atoms with Crippen LogP contribution in [0.15, 0.2) is 60.7 Å². The minimum Gasteiger partial charge on any atom is -0.374 e. The topological polar surface area (TPSA) is 105 Å². The van der Waals surface area contributed by atoms with Crippen LogP contribution in [-0.2, 0) is 0 Å². The third-order valence-corrected chi connectivity index (χ3v) is 11.8. The highest BCUT2D eigenvalue weighted by Gasteiger charge is 2.35. The molecule has 12 heteroatoms. The fourth-order valence-electron chi connectivity index (χ4n) is 6.94. The number of benzene rings is 4. The number of hydrogen-bond acceptors (Lipinski definition) is 10. The van der Waals surface area contributed by atoms with Crippen molar-refractivity contribution in [2.75, 3.05) is 88.8 Å². The van der Waals surface area contributed by atoms with Crippen molar-refractivity contribution in [2.45, 2.75) is 12.8 Å². The number of anilines is 2. The van der Waals surface area contributed by atoms with Crippen LogP contribution in [0, 0.1) is 0 Å². The van der Waals surface area contributed by atoms with Gasteiger partial charge in [0.05, 0.1) is 0 Å². The Balaban J connectivity index is 1.05. The van der Waals surface area contributed by atoms with Crippen LogP contribution in [-0.4, -0.2) is 112 Å². The first kappa shape index (κ1) is 35.7. The average molecular weight is 713 g/mol. The lowest BCUT2D eigenvalue weighted by atomic mass is 9.92. The first-order valence-electron chi connectivity index (χ1n) is 17.1. The number of carbonyl (C=O) groups excluding carboxylic acids is 4. The van der Waals surface area contributed by atoms with Gasteiger partial charge in [0.1, 0.15) is 0 Å². The molecule has 4 aromatic rings. The SMILES string of the molecule is CNCCCN(C)c1ccc2c3c(cccc13)C(=O)N(CCSSCCN1C(=O)c3cccc4c(N(C)CCCNC)ccc(c34)C1=O)C2=O. The summed E-state index contributed by atoms with van der Waals surface area (Å²) in [7, 11) is 11.0. The van der Waals surface area contributed by atoms with E-state index in [1.807, 2.05) is 76.7 Å². The summed E-state index contributed by atoms with van der Waals surface area (Å²) in [5.41, 5.74) is 4.19. The molecule has 0 radical (unpaired) electrons. The second-order valence-electron chi connectivity index (χ2n) is 12.6. The lowest BCUT2D eigenvalue weighted by Crippen LogP contribution is -2.42. The molecule has 0 saturated heterocycles. The van der Waals surface area contributed by atoms with Gasteiger partial charge in [-0.25, -0.2) is 0 Å². The highest BCUT2D eigenvalue weighted by molar-refractivity contribution is 8.76. The molecule has 0 aliphatic carbocycles. The Kier molecular flexibility index (Phi) is 11.3. The normalized spacial score (nSPS) is 14.0. The molecule has 262 valence electrons. The molecule has 2 N–H and O–H groups in total. The molecule has 2 heterocycles. The van der Waals surface area contributed by atoms with Crippen LogP contribution in [0.25, 0.3) is 21.5 Å². The molecule has 4 amide bonds. The smallest absolute Gasteiger partial charge is 0.261 e. The minimum atomic E-state index is -0.279. The Labute approximate surface area is 301 Å². The third-order valence-electron chi connectivity index (χ3n) is 9.48. The van der Waals surface area contributed by atoms with Crippen molar-refractivity contribution in [2.24, 2.45) is 0 Å². The van der Waals surface area contributed by atoms with Gasteiger partial charge in [-0.3, -0.25) is 29.0 Å². The maximum atomic E-state index is 13.6. The number of imide groups is 2. The van der Waals surface area contributed by atoms with Gasteiger partial charge in [0.15, 0.2) is 0 Å². The summed E-state index contributed by atoms with van der Waals surface area (Å²) in [5.74, 6) is -0.0728. The van der Waals surface area contributed by atoms with Gasteiger partial charge in [0.25, 0.3) is 23.6 Å². The van der Waals surface area contributed by atoms with Crippen molar-refractivity contribution in [3.63, 3.8) is 0 Å². The molecule has 0 atom stereocenters. The molecule has 4 aromatic carbocycles. The van der Waals surface area contributed by atoms with Crippen molar-refractivity contribution >= 4 is 78.1 Å². The Morgan fingerprint density at radius 1 is 0.560 bits per heavy atom. The maximum Gasteiger partial charge on any atom is 0.261 e. The highest BCUT2D eigenvalue weighted by atomic mass is 33.1. The van der Waals surface area contributed by atoms with Crippen LogP contribution >= 0.6 is 21.6 Å². The van der Waals surface area contributed by atoms with E-state index in [9.17, 15) is 19.2 Å². The third kappa shape index (κ3) is 6.81. The lowest BCUT2D eigenvalue weighted by molar-refractivity contribution is 0.0605. The molecule has 0 bridgehead atoms. The summed E-state index contributed by atoms with van der Waals surface area (Å²) in [6.45, 7) is 4.04. The van der Waals surface area contributed by atoms with E-state index in [1.165, 1.54) is 31.4 Å². The van der Waals surface area contributed by atoms with Crippen LogP contribution in [0.1, 0.15) is 54.3 Å². The zero-order valence-electron chi connectivity index (χ0n) is 29.1. The first-order chi connectivity index (χ1) is 24.3. The summed E-state index contributed by atoms with van der Waals surface area (Å²) in [6, 6.07) is 19.0. The van der Waals surface area contributed by atoms with Crippen molar-refractivity contribution in [1.82, 2.24) is 20.4 Å². The fraction of sp³-hybridized carbons (Fsp3) is 0.368. The Morgan fingerprint density at radius 3 is 1.32 bits per heavy atom. The molecule has 50 heavy (non-hydrogen) atoms.